The molecule has 366 valence electrons. The maximum absolute atomic E-state index is 13.5. The first-order valence-corrected chi connectivity index (χ1v) is 22.8. The number of aliphatic imine (C=N–C) groups is 1. The number of guanidine groups is 1. The lowest BCUT2D eigenvalue weighted by molar-refractivity contribution is -0.137. The maximum Gasteiger partial charge on any atom is 0.315 e. The number of carbonyl (C=O) groups is 10. The third kappa shape index (κ3) is 22.5. The van der Waals surface area contributed by atoms with Gasteiger partial charge in [-0.3, -0.25) is 53.4 Å². The van der Waals surface area contributed by atoms with E-state index in [1.807, 2.05) is 11.8 Å². The van der Waals surface area contributed by atoms with Gasteiger partial charge in [-0.2, -0.15) is 11.8 Å². The average molecular weight is 941 g/mol. The predicted octanol–water partition coefficient (Wildman–Crippen LogP) is -3.95. The zero-order chi connectivity index (χ0) is 48.5. The molecule has 2 rings (SSSR count). The largest absolute Gasteiger partial charge is 0.370 e. The molecule has 2 aliphatic heterocycles. The Hall–Kier alpha value is -5.92. The van der Waals surface area contributed by atoms with E-state index in [4.69, 9.17) is 28.1 Å². The number of hydroxylamine groups is 1. The first-order valence-electron chi connectivity index (χ1n) is 21.7. The van der Waals surface area contributed by atoms with Gasteiger partial charge in [-0.05, 0) is 63.7 Å². The number of rotatable bonds is 32. The number of carbonyl (C=O) groups excluding carboxylic acids is 10. The number of thioether (sulfide) groups is 1. The van der Waals surface area contributed by atoms with Gasteiger partial charge in [-0.25, -0.2) is 10.3 Å². The number of hydrogen-bond acceptors (Lipinski definition) is 13. The minimum absolute atomic E-state index is 0.0507. The van der Waals surface area contributed by atoms with E-state index in [1.54, 1.807) is 13.8 Å². The standard InChI is InChI=1S/C39H68N14O11S/c1-21(2)16-22(17-30(56)53-64)35(60)49-25(12-13-28(40)54)37(62)50-24(9-7-15-45-38(42)43)36(61)47-18-31(57)46-19-32(58)48-23(34(41)59)8-5-6-14-44-29(55)11-4-3-10-27-33-26(20-65-27)51-39(63)52-33/h21-27,33,64H,3-20H2,1-2H3,(H2,40,54)(H2,41,59)(H,44,55)(H,46,57)(H,47,61)(H,48,58)(H,49,60)(H,50,62)(H,53,56)(H4,42,43,45)(H2,51,52,63)/t22?,23-,24-,25-,26-,27-,33-/m0/s1. The number of primary amides is 2. The molecule has 2 saturated heterocycles. The second-order valence-electron chi connectivity index (χ2n) is 16.4. The third-order valence-corrected chi connectivity index (χ3v) is 12.0. The molecule has 0 aliphatic carbocycles. The molecule has 0 bridgehead atoms. The number of fused-ring (bicyclic) bond motifs is 1. The van der Waals surface area contributed by atoms with Crippen LogP contribution in [0.15, 0.2) is 4.99 Å². The second kappa shape index (κ2) is 29.5. The Bertz CT molecular complexity index is 1700. The Morgan fingerprint density at radius 2 is 1.40 bits per heavy atom. The zero-order valence-electron chi connectivity index (χ0n) is 37.0. The molecule has 0 radical (unpaired) electrons. The van der Waals surface area contributed by atoms with Crippen LogP contribution in [0.1, 0.15) is 97.3 Å². The van der Waals surface area contributed by atoms with E-state index in [1.165, 1.54) is 5.48 Å². The van der Waals surface area contributed by atoms with E-state index in [-0.39, 0.29) is 81.0 Å². The number of nitrogens with zero attached hydrogens (tertiary/aromatic N) is 1. The first-order chi connectivity index (χ1) is 30.8. The van der Waals surface area contributed by atoms with Crippen LogP contribution >= 0.6 is 11.8 Å². The molecule has 0 aromatic carbocycles. The molecule has 7 atom stereocenters. The molecular formula is C39H68N14O11S. The van der Waals surface area contributed by atoms with Gasteiger partial charge < -0.3 is 65.5 Å². The smallest absolute Gasteiger partial charge is 0.315 e. The summed E-state index contributed by atoms with van der Waals surface area (Å²) in [6.45, 7) is 2.82. The highest BCUT2D eigenvalue weighted by atomic mass is 32.2. The van der Waals surface area contributed by atoms with E-state index in [2.05, 4.69) is 47.5 Å². The fourth-order valence-electron chi connectivity index (χ4n) is 7.14. The second-order valence-corrected chi connectivity index (χ2v) is 17.6. The molecule has 2 fully saturated rings. The molecule has 18 N–H and O–H groups in total. The fourth-order valence-corrected chi connectivity index (χ4v) is 8.68. The summed E-state index contributed by atoms with van der Waals surface area (Å²) >= 11 is 1.82. The molecule has 0 spiro atoms. The van der Waals surface area contributed by atoms with Gasteiger partial charge in [0.1, 0.15) is 18.1 Å². The molecule has 0 aromatic rings. The zero-order valence-corrected chi connectivity index (χ0v) is 37.9. The Morgan fingerprint density at radius 3 is 2.06 bits per heavy atom. The van der Waals surface area contributed by atoms with Crippen LogP contribution in [0.5, 0.6) is 0 Å². The van der Waals surface area contributed by atoms with Gasteiger partial charge in [0.15, 0.2) is 5.96 Å². The Balaban J connectivity index is 1.84. The van der Waals surface area contributed by atoms with E-state index in [0.29, 0.717) is 37.5 Å². The molecule has 25 nitrogen and oxygen atoms in total. The number of urea groups is 1. The van der Waals surface area contributed by atoms with Crippen LogP contribution in [0.2, 0.25) is 0 Å². The summed E-state index contributed by atoms with van der Waals surface area (Å²) in [5.74, 6) is -6.83. The van der Waals surface area contributed by atoms with Crippen molar-refractivity contribution in [2.45, 2.75) is 133 Å². The molecular weight excluding hydrogens is 873 g/mol. The molecule has 0 saturated carbocycles. The van der Waals surface area contributed by atoms with Crippen LogP contribution in [0, 0.1) is 11.8 Å². The third-order valence-electron chi connectivity index (χ3n) is 10.4. The van der Waals surface area contributed by atoms with E-state index in [0.717, 1.165) is 18.6 Å². The van der Waals surface area contributed by atoms with Crippen LogP contribution in [-0.4, -0.2) is 138 Å². The van der Waals surface area contributed by atoms with Gasteiger partial charge in [0.05, 0.1) is 25.2 Å². The molecule has 2 heterocycles. The van der Waals surface area contributed by atoms with Gasteiger partial charge >= 0.3 is 6.03 Å². The van der Waals surface area contributed by atoms with E-state index >= 15 is 0 Å². The fraction of sp³-hybridized carbons (Fsp3) is 0.718. The van der Waals surface area contributed by atoms with Crippen molar-refractivity contribution < 1.29 is 53.2 Å². The van der Waals surface area contributed by atoms with Gasteiger partial charge in [0.2, 0.25) is 53.2 Å². The minimum atomic E-state index is -1.39. The highest BCUT2D eigenvalue weighted by molar-refractivity contribution is 8.00. The molecule has 65 heavy (non-hydrogen) atoms. The number of nitrogens with two attached hydrogens (primary N) is 4. The highest BCUT2D eigenvalue weighted by Crippen LogP contribution is 2.33. The monoisotopic (exact) mass is 940 g/mol. The maximum atomic E-state index is 13.5. The van der Waals surface area contributed by atoms with Crippen molar-refractivity contribution in [3.63, 3.8) is 0 Å². The van der Waals surface area contributed by atoms with Gasteiger partial charge in [0.25, 0.3) is 0 Å². The van der Waals surface area contributed by atoms with Crippen molar-refractivity contribution in [1.29, 1.82) is 0 Å². The molecule has 0 aromatic heterocycles. The lowest BCUT2D eigenvalue weighted by Gasteiger charge is -2.25. The summed E-state index contributed by atoms with van der Waals surface area (Å²) in [5, 5.41) is 30.2. The first kappa shape index (κ1) is 55.2. The average Bonchev–Trinajstić information content (AvgIpc) is 3.80. The van der Waals surface area contributed by atoms with Crippen molar-refractivity contribution in [3.8, 4) is 0 Å². The normalized spacial score (nSPS) is 18.0. The lowest BCUT2D eigenvalue weighted by Crippen LogP contribution is -2.55. The summed E-state index contributed by atoms with van der Waals surface area (Å²) in [6.07, 6.45) is 3.30. The van der Waals surface area contributed by atoms with Gasteiger partial charge in [-0.15, -0.1) is 0 Å². The summed E-state index contributed by atoms with van der Waals surface area (Å²) in [6, 6.07) is -3.60. The Morgan fingerprint density at radius 1 is 0.723 bits per heavy atom. The minimum Gasteiger partial charge on any atom is -0.370 e. The SMILES string of the molecule is CC(C)CC(CC(=O)NO)C(=O)N[C@@H](CCC(N)=O)C(=O)N[C@@H](CCCN=C(N)N)C(=O)NCC(=O)NCC(=O)N[C@@H](CCCCNC(=O)CCCC[C@@H]1SC[C@@H]2NC(=O)N[C@@H]21)C(N)=O. The molecule has 26 heteroatoms. The Kier molecular flexibility index (Phi) is 25.1. The van der Waals surface area contributed by atoms with E-state index in [9.17, 15) is 47.9 Å². The van der Waals surface area contributed by atoms with Crippen LogP contribution in [-0.2, 0) is 43.2 Å². The number of nitrogens with one attached hydrogen (secondary N) is 9. The van der Waals surface area contributed by atoms with Crippen LogP contribution < -0.4 is 70.9 Å². The van der Waals surface area contributed by atoms with Crippen LogP contribution in [0.3, 0.4) is 0 Å². The van der Waals surface area contributed by atoms with Crippen molar-refractivity contribution in [3.05, 3.63) is 0 Å². The molecule has 11 amide bonds. The number of amides is 11. The van der Waals surface area contributed by atoms with Crippen LogP contribution in [0.4, 0.5) is 4.79 Å². The van der Waals surface area contributed by atoms with Gasteiger partial charge in [-0.1, -0.05) is 20.3 Å². The summed E-state index contributed by atoms with van der Waals surface area (Å²) in [5.41, 5.74) is 23.0. The van der Waals surface area contributed by atoms with Gasteiger partial charge in [0, 0.05) is 49.3 Å². The lowest BCUT2D eigenvalue weighted by atomic mass is 9.92. The molecule has 2 aliphatic rings. The van der Waals surface area contributed by atoms with Crippen molar-refractivity contribution >= 4 is 76.9 Å². The quantitative estimate of drug-likeness (QED) is 0.00765. The van der Waals surface area contributed by atoms with E-state index < -0.39 is 90.8 Å². The molecule has 1 unspecified atom stereocenters. The summed E-state index contributed by atoms with van der Waals surface area (Å²) in [7, 11) is 0. The van der Waals surface area contributed by atoms with Crippen molar-refractivity contribution in [1.82, 2.24) is 48.0 Å². The Labute approximate surface area is 381 Å². The number of unbranched alkanes of at least 4 members (excludes halogenated alkanes) is 2. The summed E-state index contributed by atoms with van der Waals surface area (Å²) in [4.78, 5) is 129. The van der Waals surface area contributed by atoms with Crippen LogP contribution in [0.25, 0.3) is 0 Å². The number of hydrogen-bond donors (Lipinski definition) is 14. The predicted molar refractivity (Wildman–Crippen MR) is 238 cm³/mol. The highest BCUT2D eigenvalue weighted by Gasteiger charge is 2.42. The van der Waals surface area contributed by atoms with Crippen molar-refractivity contribution in [2.24, 2.45) is 39.8 Å². The topological polar surface area (TPSA) is 416 Å². The van der Waals surface area contributed by atoms with Crippen molar-refractivity contribution in [2.75, 3.05) is 31.9 Å². The summed E-state index contributed by atoms with van der Waals surface area (Å²) < 4.78 is 0.